The van der Waals surface area contributed by atoms with E-state index in [-0.39, 0.29) is 41.8 Å². The fraction of sp³-hybridized carbons (Fsp3) is 0.500. The normalized spacial score (nSPS) is 37.4. The molecule has 6 heteroatoms. The maximum absolute atomic E-state index is 12.3. The number of hydrogen-bond acceptors (Lipinski definition) is 5. The van der Waals surface area contributed by atoms with Crippen molar-refractivity contribution in [2.45, 2.75) is 25.0 Å². The Kier molecular flexibility index (Phi) is 1.89. The third-order valence-electron chi connectivity index (χ3n) is 4.04. The first-order valence-electron chi connectivity index (χ1n) is 6.07. The van der Waals surface area contributed by atoms with E-state index in [4.69, 9.17) is 4.74 Å². The summed E-state index contributed by atoms with van der Waals surface area (Å²) in [5, 5.41) is 0. The highest BCUT2D eigenvalue weighted by atomic mass is 16.5. The van der Waals surface area contributed by atoms with Gasteiger partial charge in [0.25, 0.3) is 0 Å². The molecule has 0 saturated carbocycles. The molecule has 4 heterocycles. The van der Waals surface area contributed by atoms with Crippen LogP contribution in [0.25, 0.3) is 0 Å². The van der Waals surface area contributed by atoms with Crippen LogP contribution in [0, 0.1) is 11.8 Å². The summed E-state index contributed by atoms with van der Waals surface area (Å²) in [7, 11) is 0. The van der Waals surface area contributed by atoms with Crippen LogP contribution in [-0.2, 0) is 14.3 Å². The van der Waals surface area contributed by atoms with Crippen LogP contribution in [-0.4, -0.2) is 34.0 Å². The van der Waals surface area contributed by atoms with Gasteiger partial charge in [-0.1, -0.05) is 0 Å². The number of hydrogen-bond donors (Lipinski definition) is 0. The predicted octanol–water partition coefficient (Wildman–Crippen LogP) is 0.143. The Morgan fingerprint density at radius 1 is 1.06 bits per heavy atom. The molecule has 18 heavy (non-hydrogen) atoms. The molecule has 0 aliphatic carbocycles. The number of aromatic nitrogens is 2. The molecule has 4 atom stereocenters. The van der Waals surface area contributed by atoms with Gasteiger partial charge in [0.2, 0.25) is 17.8 Å². The summed E-state index contributed by atoms with van der Waals surface area (Å²) in [4.78, 5) is 33.8. The fourth-order valence-corrected chi connectivity index (χ4v) is 3.32. The lowest BCUT2D eigenvalue weighted by Crippen LogP contribution is -2.35. The van der Waals surface area contributed by atoms with Gasteiger partial charge >= 0.3 is 0 Å². The second-order valence-electron chi connectivity index (χ2n) is 4.90. The smallest absolute Gasteiger partial charge is 0.242 e. The third-order valence-corrected chi connectivity index (χ3v) is 4.04. The van der Waals surface area contributed by atoms with E-state index >= 15 is 0 Å². The van der Waals surface area contributed by atoms with Crippen LogP contribution >= 0.6 is 0 Å². The van der Waals surface area contributed by atoms with Gasteiger partial charge in [-0.25, -0.2) is 14.9 Å². The average molecular weight is 245 g/mol. The van der Waals surface area contributed by atoms with Crippen molar-refractivity contribution in [3.8, 4) is 0 Å². The van der Waals surface area contributed by atoms with Crippen LogP contribution in [0.15, 0.2) is 18.5 Å². The number of fused-ring (bicyclic) bond motifs is 5. The zero-order valence-corrected chi connectivity index (χ0v) is 9.52. The first-order valence-corrected chi connectivity index (χ1v) is 6.07. The van der Waals surface area contributed by atoms with Gasteiger partial charge in [0.05, 0.1) is 24.0 Å². The first-order chi connectivity index (χ1) is 8.77. The molecule has 3 saturated heterocycles. The second kappa shape index (κ2) is 3.35. The van der Waals surface area contributed by atoms with Crippen molar-refractivity contribution < 1.29 is 14.3 Å². The molecule has 0 aromatic carbocycles. The molecule has 1 aromatic heterocycles. The van der Waals surface area contributed by atoms with Crippen molar-refractivity contribution in [2.75, 3.05) is 4.90 Å². The fourth-order valence-electron chi connectivity index (χ4n) is 3.32. The van der Waals surface area contributed by atoms with E-state index < -0.39 is 0 Å². The highest BCUT2D eigenvalue weighted by Gasteiger charge is 2.63. The number of imide groups is 1. The Bertz CT molecular complexity index is 505. The highest BCUT2D eigenvalue weighted by molar-refractivity contribution is 6.21. The zero-order chi connectivity index (χ0) is 12.3. The summed E-state index contributed by atoms with van der Waals surface area (Å²) in [6.45, 7) is 0. The molecule has 3 fully saturated rings. The predicted molar refractivity (Wildman–Crippen MR) is 59.4 cm³/mol. The average Bonchev–Trinajstić information content (AvgIpc) is 3.05. The molecule has 4 rings (SSSR count). The molecule has 2 amide bonds. The third kappa shape index (κ3) is 1.11. The quantitative estimate of drug-likeness (QED) is 0.658. The van der Waals surface area contributed by atoms with Gasteiger partial charge in [-0.15, -0.1) is 0 Å². The van der Waals surface area contributed by atoms with Crippen molar-refractivity contribution in [3.05, 3.63) is 18.5 Å². The SMILES string of the molecule is O=C1[C@@H]2[C@H](C(=O)N1c1ncccn1)[C@H]1CC[C@@H]2O1. The molecule has 0 spiro atoms. The van der Waals surface area contributed by atoms with Gasteiger partial charge in [-0.3, -0.25) is 9.59 Å². The van der Waals surface area contributed by atoms with Crippen LogP contribution in [0.4, 0.5) is 5.95 Å². The molecule has 1 aromatic rings. The number of rotatable bonds is 1. The lowest BCUT2D eigenvalue weighted by molar-refractivity contribution is -0.124. The summed E-state index contributed by atoms with van der Waals surface area (Å²) in [6.07, 6.45) is 4.61. The molecule has 3 aliphatic rings. The lowest BCUT2D eigenvalue weighted by atomic mass is 9.81. The minimum absolute atomic E-state index is 0.0924. The standard InChI is InChI=1S/C12H11N3O3/c16-10-8-6-2-3-7(18-6)9(8)11(17)15(10)12-13-4-1-5-14-12/h1,4-9H,2-3H2/t6-,7+,8-,9+. The number of anilines is 1. The molecule has 92 valence electrons. The summed E-state index contributed by atoms with van der Waals surface area (Å²) in [6, 6.07) is 1.65. The monoisotopic (exact) mass is 245 g/mol. The Balaban J connectivity index is 1.76. The largest absolute Gasteiger partial charge is 0.373 e. The molecule has 0 radical (unpaired) electrons. The van der Waals surface area contributed by atoms with E-state index in [1.165, 1.54) is 12.4 Å². The summed E-state index contributed by atoms with van der Waals surface area (Å²) >= 11 is 0. The van der Waals surface area contributed by atoms with Crippen LogP contribution < -0.4 is 4.90 Å². The second-order valence-corrected chi connectivity index (χ2v) is 4.90. The van der Waals surface area contributed by atoms with Crippen molar-refractivity contribution >= 4 is 17.8 Å². The number of carbonyl (C=O) groups excluding carboxylic acids is 2. The van der Waals surface area contributed by atoms with Crippen LogP contribution in [0.2, 0.25) is 0 Å². The molecular weight excluding hydrogens is 234 g/mol. The lowest BCUT2D eigenvalue weighted by Gasteiger charge is -2.14. The molecule has 2 bridgehead atoms. The number of carbonyl (C=O) groups is 2. The molecule has 0 unspecified atom stereocenters. The van der Waals surface area contributed by atoms with Crippen LogP contribution in [0.3, 0.4) is 0 Å². The molecular formula is C12H11N3O3. The minimum Gasteiger partial charge on any atom is -0.373 e. The Morgan fingerprint density at radius 3 is 2.17 bits per heavy atom. The van der Waals surface area contributed by atoms with Gasteiger partial charge in [0.15, 0.2) is 0 Å². The van der Waals surface area contributed by atoms with E-state index in [1.807, 2.05) is 0 Å². The zero-order valence-electron chi connectivity index (χ0n) is 9.52. The Labute approximate surface area is 103 Å². The molecule has 6 nitrogen and oxygen atoms in total. The maximum Gasteiger partial charge on any atom is 0.242 e. The van der Waals surface area contributed by atoms with Crippen LogP contribution in [0.5, 0.6) is 0 Å². The number of ether oxygens (including phenoxy) is 1. The van der Waals surface area contributed by atoms with E-state index in [0.717, 1.165) is 17.7 Å². The highest BCUT2D eigenvalue weighted by Crippen LogP contribution is 2.48. The van der Waals surface area contributed by atoms with Gasteiger partial charge in [0.1, 0.15) is 0 Å². The molecule has 3 aliphatic heterocycles. The van der Waals surface area contributed by atoms with E-state index in [0.29, 0.717) is 0 Å². The van der Waals surface area contributed by atoms with E-state index in [2.05, 4.69) is 9.97 Å². The van der Waals surface area contributed by atoms with Crippen molar-refractivity contribution in [1.82, 2.24) is 9.97 Å². The number of nitrogens with zero attached hydrogens (tertiary/aromatic N) is 3. The maximum atomic E-state index is 12.3. The van der Waals surface area contributed by atoms with Crippen molar-refractivity contribution in [3.63, 3.8) is 0 Å². The van der Waals surface area contributed by atoms with Crippen molar-refractivity contribution in [2.24, 2.45) is 11.8 Å². The summed E-state index contributed by atoms with van der Waals surface area (Å²) in [5.41, 5.74) is 0. The summed E-state index contributed by atoms with van der Waals surface area (Å²) in [5.74, 6) is -0.867. The van der Waals surface area contributed by atoms with E-state index in [1.54, 1.807) is 6.07 Å². The first kappa shape index (κ1) is 10.1. The van der Waals surface area contributed by atoms with Gasteiger partial charge in [0, 0.05) is 12.4 Å². The van der Waals surface area contributed by atoms with Crippen LogP contribution in [0.1, 0.15) is 12.8 Å². The Hall–Kier alpha value is -1.82. The van der Waals surface area contributed by atoms with Gasteiger partial charge < -0.3 is 4.74 Å². The minimum atomic E-state index is -0.319. The van der Waals surface area contributed by atoms with E-state index in [9.17, 15) is 9.59 Å². The topological polar surface area (TPSA) is 72.4 Å². The summed E-state index contributed by atoms with van der Waals surface area (Å²) < 4.78 is 5.66. The molecule has 0 N–H and O–H groups in total. The van der Waals surface area contributed by atoms with Gasteiger partial charge in [-0.05, 0) is 18.9 Å². The Morgan fingerprint density at radius 2 is 1.61 bits per heavy atom. The van der Waals surface area contributed by atoms with Gasteiger partial charge in [-0.2, -0.15) is 0 Å². The van der Waals surface area contributed by atoms with Crippen molar-refractivity contribution in [1.29, 1.82) is 0 Å². The number of amides is 2.